The third-order valence-corrected chi connectivity index (χ3v) is 3.03. The van der Waals surface area contributed by atoms with E-state index in [1.807, 2.05) is 0 Å². The maximum absolute atomic E-state index is 12.1. The smallest absolute Gasteiger partial charge is 0.316 e. The summed E-state index contributed by atoms with van der Waals surface area (Å²) >= 11 is 0. The lowest BCUT2D eigenvalue weighted by Gasteiger charge is -2.17. The summed E-state index contributed by atoms with van der Waals surface area (Å²) in [6, 6.07) is 6.77. The van der Waals surface area contributed by atoms with Crippen molar-refractivity contribution in [3.05, 3.63) is 48.5 Å². The van der Waals surface area contributed by atoms with Crippen LogP contribution in [0.25, 0.3) is 5.69 Å². The SMILES string of the molecule is CC(C)(C(=O)O)C(=O)c1ccc(-n2ccnc2)cc1. The van der Waals surface area contributed by atoms with Crippen molar-refractivity contribution in [1.82, 2.24) is 9.55 Å². The third kappa shape index (κ3) is 2.40. The Morgan fingerprint density at radius 3 is 2.32 bits per heavy atom. The molecule has 0 unspecified atom stereocenters. The van der Waals surface area contributed by atoms with E-state index in [1.54, 1.807) is 47.6 Å². The number of rotatable bonds is 4. The van der Waals surface area contributed by atoms with Crippen LogP contribution in [0.15, 0.2) is 43.0 Å². The van der Waals surface area contributed by atoms with Gasteiger partial charge in [0.25, 0.3) is 0 Å². The first kappa shape index (κ1) is 13.0. The number of carboxylic acid groups (broad SMARTS) is 1. The van der Waals surface area contributed by atoms with Crippen molar-refractivity contribution >= 4 is 11.8 Å². The molecule has 5 nitrogen and oxygen atoms in total. The fraction of sp³-hybridized carbons (Fsp3) is 0.214. The second kappa shape index (κ2) is 4.68. The van der Waals surface area contributed by atoms with Crippen molar-refractivity contribution < 1.29 is 14.7 Å². The van der Waals surface area contributed by atoms with Crippen molar-refractivity contribution in [3.63, 3.8) is 0 Å². The zero-order chi connectivity index (χ0) is 14.0. The standard InChI is InChI=1S/C14H14N2O3/c1-14(2,13(18)19)12(17)10-3-5-11(6-4-10)16-8-7-15-9-16/h3-9H,1-2H3,(H,18,19). The first-order valence-corrected chi connectivity index (χ1v) is 5.79. The van der Waals surface area contributed by atoms with Crippen molar-refractivity contribution in [2.24, 2.45) is 5.41 Å². The van der Waals surface area contributed by atoms with Crippen molar-refractivity contribution in [2.75, 3.05) is 0 Å². The number of carbonyl (C=O) groups is 2. The first-order valence-electron chi connectivity index (χ1n) is 5.79. The largest absolute Gasteiger partial charge is 0.481 e. The van der Waals surface area contributed by atoms with Crippen LogP contribution in [0.5, 0.6) is 0 Å². The summed E-state index contributed by atoms with van der Waals surface area (Å²) in [5, 5.41) is 9.04. The number of hydrogen-bond donors (Lipinski definition) is 1. The number of carbonyl (C=O) groups excluding carboxylic acids is 1. The van der Waals surface area contributed by atoms with E-state index >= 15 is 0 Å². The van der Waals surface area contributed by atoms with Gasteiger partial charge in [-0.3, -0.25) is 9.59 Å². The van der Waals surface area contributed by atoms with E-state index in [2.05, 4.69) is 4.98 Å². The van der Waals surface area contributed by atoms with E-state index in [-0.39, 0.29) is 0 Å². The molecule has 0 radical (unpaired) electrons. The predicted molar refractivity (Wildman–Crippen MR) is 69.3 cm³/mol. The Balaban J connectivity index is 2.29. The van der Waals surface area contributed by atoms with E-state index in [4.69, 9.17) is 5.11 Å². The van der Waals surface area contributed by atoms with Crippen LogP contribution in [-0.4, -0.2) is 26.4 Å². The molecule has 1 aromatic heterocycles. The lowest BCUT2D eigenvalue weighted by atomic mass is 9.84. The number of benzene rings is 1. The monoisotopic (exact) mass is 258 g/mol. The molecule has 0 saturated carbocycles. The molecule has 2 rings (SSSR count). The quantitative estimate of drug-likeness (QED) is 0.673. The summed E-state index contributed by atoms with van der Waals surface area (Å²) in [6.07, 6.45) is 5.10. The highest BCUT2D eigenvalue weighted by Crippen LogP contribution is 2.23. The summed E-state index contributed by atoms with van der Waals surface area (Å²) in [5.41, 5.74) is -0.172. The molecule has 0 aliphatic rings. The van der Waals surface area contributed by atoms with E-state index in [1.165, 1.54) is 13.8 Å². The van der Waals surface area contributed by atoms with Crippen LogP contribution >= 0.6 is 0 Å². The average molecular weight is 258 g/mol. The predicted octanol–water partition coefficient (Wildman–Crippen LogP) is 2.17. The zero-order valence-electron chi connectivity index (χ0n) is 10.7. The molecular formula is C14H14N2O3. The first-order chi connectivity index (χ1) is 8.93. The van der Waals surface area contributed by atoms with E-state index in [0.717, 1.165) is 5.69 Å². The Kier molecular flexibility index (Phi) is 3.21. The number of hydrogen-bond acceptors (Lipinski definition) is 3. The average Bonchev–Trinajstić information content (AvgIpc) is 2.91. The Labute approximate surface area is 110 Å². The minimum atomic E-state index is -1.42. The maximum atomic E-state index is 12.1. The van der Waals surface area contributed by atoms with Gasteiger partial charge < -0.3 is 9.67 Å². The van der Waals surface area contributed by atoms with Crippen LogP contribution in [0.4, 0.5) is 0 Å². The van der Waals surface area contributed by atoms with Crippen LogP contribution < -0.4 is 0 Å². The molecule has 1 heterocycles. The molecule has 5 heteroatoms. The number of aliphatic carboxylic acids is 1. The highest BCUT2D eigenvalue weighted by atomic mass is 16.4. The molecule has 19 heavy (non-hydrogen) atoms. The van der Waals surface area contributed by atoms with E-state index < -0.39 is 17.2 Å². The Bertz CT molecular complexity index is 598. The van der Waals surface area contributed by atoms with Gasteiger partial charge in [0.1, 0.15) is 5.41 Å². The minimum absolute atomic E-state index is 0.385. The summed E-state index contributed by atoms with van der Waals surface area (Å²) in [5.74, 6) is -1.53. The normalized spacial score (nSPS) is 11.3. The molecule has 2 aromatic rings. The number of Topliss-reactive ketones (excluding diaryl/α,β-unsaturated/α-hetero) is 1. The number of carboxylic acids is 1. The highest BCUT2D eigenvalue weighted by Gasteiger charge is 2.36. The molecule has 0 aliphatic carbocycles. The molecule has 98 valence electrons. The number of ketones is 1. The van der Waals surface area contributed by atoms with Gasteiger partial charge >= 0.3 is 5.97 Å². The Morgan fingerprint density at radius 1 is 1.21 bits per heavy atom. The Morgan fingerprint density at radius 2 is 1.84 bits per heavy atom. The number of aromatic nitrogens is 2. The van der Waals surface area contributed by atoms with Crippen LogP contribution in [0.3, 0.4) is 0 Å². The van der Waals surface area contributed by atoms with Crippen LogP contribution in [0, 0.1) is 5.41 Å². The van der Waals surface area contributed by atoms with E-state index in [0.29, 0.717) is 5.56 Å². The second-order valence-corrected chi connectivity index (χ2v) is 4.78. The second-order valence-electron chi connectivity index (χ2n) is 4.78. The number of nitrogens with zero attached hydrogens (tertiary/aromatic N) is 2. The van der Waals surface area contributed by atoms with Gasteiger partial charge in [0.2, 0.25) is 0 Å². The minimum Gasteiger partial charge on any atom is -0.481 e. The molecule has 1 N–H and O–H groups in total. The molecule has 0 atom stereocenters. The summed E-state index contributed by atoms with van der Waals surface area (Å²) in [4.78, 5) is 27.1. The lowest BCUT2D eigenvalue weighted by molar-refractivity contribution is -0.144. The van der Waals surface area contributed by atoms with Crippen molar-refractivity contribution in [1.29, 1.82) is 0 Å². The zero-order valence-corrected chi connectivity index (χ0v) is 10.7. The molecule has 0 aliphatic heterocycles. The molecule has 0 amide bonds. The van der Waals surface area contributed by atoms with Crippen LogP contribution in [-0.2, 0) is 4.79 Å². The van der Waals surface area contributed by atoms with Gasteiger partial charge in [-0.1, -0.05) is 0 Å². The molecule has 0 bridgehead atoms. The van der Waals surface area contributed by atoms with Crippen LogP contribution in [0.1, 0.15) is 24.2 Å². The third-order valence-electron chi connectivity index (χ3n) is 3.03. The van der Waals surface area contributed by atoms with Gasteiger partial charge in [-0.15, -0.1) is 0 Å². The van der Waals surface area contributed by atoms with Gasteiger partial charge in [0, 0.05) is 23.6 Å². The summed E-state index contributed by atoms with van der Waals surface area (Å²) in [6.45, 7) is 2.81. The molecule has 0 saturated heterocycles. The van der Waals surface area contributed by atoms with Gasteiger partial charge in [-0.05, 0) is 38.1 Å². The van der Waals surface area contributed by atoms with Gasteiger partial charge in [0.05, 0.1) is 6.33 Å². The van der Waals surface area contributed by atoms with Crippen LogP contribution in [0.2, 0.25) is 0 Å². The van der Waals surface area contributed by atoms with Gasteiger partial charge in [-0.25, -0.2) is 4.98 Å². The van der Waals surface area contributed by atoms with E-state index in [9.17, 15) is 9.59 Å². The molecule has 1 aromatic carbocycles. The van der Waals surface area contributed by atoms with Gasteiger partial charge in [-0.2, -0.15) is 0 Å². The molecular weight excluding hydrogens is 244 g/mol. The Hall–Kier alpha value is -2.43. The molecule has 0 spiro atoms. The fourth-order valence-corrected chi connectivity index (χ4v) is 1.65. The molecule has 0 fully saturated rings. The topological polar surface area (TPSA) is 72.2 Å². The maximum Gasteiger partial charge on any atom is 0.316 e. The summed E-state index contributed by atoms with van der Waals surface area (Å²) in [7, 11) is 0. The number of imidazole rings is 1. The van der Waals surface area contributed by atoms with Crippen molar-refractivity contribution in [2.45, 2.75) is 13.8 Å². The fourth-order valence-electron chi connectivity index (χ4n) is 1.65. The van der Waals surface area contributed by atoms with Crippen molar-refractivity contribution in [3.8, 4) is 5.69 Å². The highest BCUT2D eigenvalue weighted by molar-refractivity contribution is 6.11. The summed E-state index contributed by atoms with van der Waals surface area (Å²) < 4.78 is 1.80. The van der Waals surface area contributed by atoms with Gasteiger partial charge in [0.15, 0.2) is 5.78 Å². The lowest BCUT2D eigenvalue weighted by Crippen LogP contribution is -2.33.